The number of aromatic nitrogens is 2. The van der Waals surface area contributed by atoms with Crippen molar-refractivity contribution in [2.75, 3.05) is 19.6 Å². The van der Waals surface area contributed by atoms with Crippen molar-refractivity contribution in [3.05, 3.63) is 18.2 Å². The summed E-state index contributed by atoms with van der Waals surface area (Å²) >= 11 is 0. The second kappa shape index (κ2) is 5.31. The summed E-state index contributed by atoms with van der Waals surface area (Å²) in [5.41, 5.74) is 0.929. The smallest absolute Gasteiger partial charge is 0.109 e. The second-order valence-electron chi connectivity index (χ2n) is 4.75. The lowest BCUT2D eigenvalue weighted by molar-refractivity contribution is 0.236. The average molecular weight is 236 g/mol. The lowest BCUT2D eigenvalue weighted by Crippen LogP contribution is -2.40. The molecule has 1 unspecified atom stereocenters. The van der Waals surface area contributed by atoms with E-state index in [1.165, 1.54) is 0 Å². The molecule has 0 radical (unpaired) electrons. The molecule has 1 aliphatic rings. The molecule has 1 aromatic heterocycles. The van der Waals surface area contributed by atoms with Gasteiger partial charge in [-0.1, -0.05) is 12.1 Å². The Morgan fingerprint density at radius 3 is 3.00 bits per heavy atom. The molecular weight excluding hydrogens is 216 g/mol. The van der Waals surface area contributed by atoms with Crippen molar-refractivity contribution in [2.45, 2.75) is 19.8 Å². The molecule has 1 N–H and O–H groups in total. The number of oxime groups is 1. The van der Waals surface area contributed by atoms with Gasteiger partial charge in [-0.15, -0.1) is 0 Å². The molecule has 2 heterocycles. The molecule has 5 heteroatoms. The number of imidazole rings is 1. The molecule has 1 aliphatic heterocycles. The van der Waals surface area contributed by atoms with Crippen LogP contribution in [-0.2, 0) is 13.5 Å². The van der Waals surface area contributed by atoms with E-state index in [2.05, 4.69) is 26.5 Å². The molecule has 1 aromatic rings. The van der Waals surface area contributed by atoms with Gasteiger partial charge in [0.15, 0.2) is 0 Å². The van der Waals surface area contributed by atoms with Gasteiger partial charge in [0.05, 0.1) is 5.71 Å². The van der Waals surface area contributed by atoms with Crippen LogP contribution in [-0.4, -0.2) is 45.0 Å². The first-order chi connectivity index (χ1) is 8.20. The number of hydrogen-bond donors (Lipinski definition) is 1. The molecule has 1 atom stereocenters. The third-order valence-corrected chi connectivity index (χ3v) is 3.49. The van der Waals surface area contributed by atoms with E-state index in [0.717, 1.165) is 44.0 Å². The van der Waals surface area contributed by atoms with E-state index in [1.54, 1.807) is 0 Å². The Hall–Kier alpha value is -1.36. The Kier molecular flexibility index (Phi) is 3.78. The average Bonchev–Trinajstić information content (AvgIpc) is 2.72. The highest BCUT2D eigenvalue weighted by atomic mass is 16.4. The molecule has 1 fully saturated rings. The fourth-order valence-electron chi connectivity index (χ4n) is 2.35. The van der Waals surface area contributed by atoms with Gasteiger partial charge in [0, 0.05) is 57.8 Å². The number of hydrogen-bond acceptors (Lipinski definition) is 4. The largest absolute Gasteiger partial charge is 0.411 e. The van der Waals surface area contributed by atoms with E-state index in [0.29, 0.717) is 5.92 Å². The van der Waals surface area contributed by atoms with Gasteiger partial charge >= 0.3 is 0 Å². The third-order valence-electron chi connectivity index (χ3n) is 3.49. The second-order valence-corrected chi connectivity index (χ2v) is 4.75. The maximum atomic E-state index is 8.82. The third kappa shape index (κ3) is 2.85. The Bertz CT molecular complexity index is 399. The van der Waals surface area contributed by atoms with E-state index in [-0.39, 0.29) is 0 Å². The van der Waals surface area contributed by atoms with Crippen LogP contribution in [0.1, 0.15) is 19.2 Å². The first-order valence-corrected chi connectivity index (χ1v) is 6.10. The van der Waals surface area contributed by atoms with Crippen LogP contribution in [0.3, 0.4) is 0 Å². The highest BCUT2D eigenvalue weighted by Crippen LogP contribution is 2.14. The number of nitrogens with zero attached hydrogens (tertiary/aromatic N) is 4. The maximum Gasteiger partial charge on any atom is 0.109 e. The first kappa shape index (κ1) is 12.1. The summed E-state index contributed by atoms with van der Waals surface area (Å²) in [5.74, 6) is 1.48. The van der Waals surface area contributed by atoms with Gasteiger partial charge in [-0.3, -0.25) is 0 Å². The van der Waals surface area contributed by atoms with E-state index < -0.39 is 0 Å². The van der Waals surface area contributed by atoms with Gasteiger partial charge in [0.25, 0.3) is 0 Å². The summed E-state index contributed by atoms with van der Waals surface area (Å²) in [5, 5.41) is 12.2. The molecule has 0 aliphatic carbocycles. The Morgan fingerprint density at radius 2 is 2.41 bits per heavy atom. The van der Waals surface area contributed by atoms with E-state index >= 15 is 0 Å². The Labute approximate surface area is 102 Å². The minimum atomic E-state index is 0.357. The monoisotopic (exact) mass is 236 g/mol. The zero-order valence-corrected chi connectivity index (χ0v) is 10.5. The standard InChI is InChI=1S/C12H20N4O/c1-10-9-16(6-3-11(10)14-17)7-4-12-13-5-8-15(12)2/h5,8,10,17H,3-4,6-7,9H2,1-2H3/b14-11+. The fourth-order valence-corrected chi connectivity index (χ4v) is 2.35. The van der Waals surface area contributed by atoms with Gasteiger partial charge in [0.2, 0.25) is 0 Å². The van der Waals surface area contributed by atoms with Gasteiger partial charge in [-0.25, -0.2) is 4.98 Å². The molecule has 1 saturated heterocycles. The first-order valence-electron chi connectivity index (χ1n) is 6.10. The van der Waals surface area contributed by atoms with Crippen molar-refractivity contribution in [3.8, 4) is 0 Å². The fraction of sp³-hybridized carbons (Fsp3) is 0.667. The van der Waals surface area contributed by atoms with Gasteiger partial charge in [-0.05, 0) is 0 Å². The van der Waals surface area contributed by atoms with Crippen molar-refractivity contribution in [2.24, 2.45) is 18.1 Å². The number of piperidine rings is 1. The molecule has 0 saturated carbocycles. The topological polar surface area (TPSA) is 53.7 Å². The lowest BCUT2D eigenvalue weighted by Gasteiger charge is -2.31. The molecule has 0 spiro atoms. The van der Waals surface area contributed by atoms with Crippen molar-refractivity contribution in [1.82, 2.24) is 14.5 Å². The number of likely N-dealkylation sites (tertiary alicyclic amines) is 1. The molecule has 17 heavy (non-hydrogen) atoms. The summed E-state index contributed by atoms with van der Waals surface area (Å²) in [6, 6.07) is 0. The number of rotatable bonds is 3. The molecule has 5 nitrogen and oxygen atoms in total. The van der Waals surface area contributed by atoms with Crippen LogP contribution >= 0.6 is 0 Å². The van der Waals surface area contributed by atoms with Crippen LogP contribution < -0.4 is 0 Å². The van der Waals surface area contributed by atoms with Crippen LogP contribution in [0.2, 0.25) is 0 Å². The predicted molar refractivity (Wildman–Crippen MR) is 66.4 cm³/mol. The van der Waals surface area contributed by atoms with Crippen molar-refractivity contribution in [3.63, 3.8) is 0 Å². The highest BCUT2D eigenvalue weighted by Gasteiger charge is 2.22. The lowest BCUT2D eigenvalue weighted by atomic mass is 9.97. The summed E-state index contributed by atoms with van der Waals surface area (Å²) in [6.07, 6.45) is 5.66. The summed E-state index contributed by atoms with van der Waals surface area (Å²) in [4.78, 5) is 6.73. The SMILES string of the molecule is CC1CN(CCc2nccn2C)CC/C1=N\O. The van der Waals surface area contributed by atoms with Gasteiger partial charge in [-0.2, -0.15) is 0 Å². The van der Waals surface area contributed by atoms with Crippen molar-refractivity contribution >= 4 is 5.71 Å². The normalized spacial score (nSPS) is 24.4. The van der Waals surface area contributed by atoms with Crippen molar-refractivity contribution < 1.29 is 5.21 Å². The molecule has 94 valence electrons. The van der Waals surface area contributed by atoms with E-state index in [9.17, 15) is 0 Å². The quantitative estimate of drug-likeness (QED) is 0.632. The van der Waals surface area contributed by atoms with Crippen LogP contribution in [0.15, 0.2) is 17.5 Å². The van der Waals surface area contributed by atoms with E-state index in [1.807, 2.05) is 19.4 Å². The molecule has 0 amide bonds. The molecule has 2 rings (SSSR count). The summed E-state index contributed by atoms with van der Waals surface area (Å²) in [7, 11) is 2.03. The maximum absolute atomic E-state index is 8.82. The van der Waals surface area contributed by atoms with Crippen molar-refractivity contribution in [1.29, 1.82) is 0 Å². The molecule has 0 aromatic carbocycles. The van der Waals surface area contributed by atoms with Gasteiger partial charge < -0.3 is 14.7 Å². The summed E-state index contributed by atoms with van der Waals surface area (Å²) < 4.78 is 2.06. The van der Waals surface area contributed by atoms with Crippen LogP contribution in [0.4, 0.5) is 0 Å². The zero-order chi connectivity index (χ0) is 12.3. The molecular formula is C12H20N4O. The van der Waals surface area contributed by atoms with E-state index in [4.69, 9.17) is 5.21 Å². The summed E-state index contributed by atoms with van der Waals surface area (Å²) in [6.45, 7) is 5.09. The van der Waals surface area contributed by atoms with Gasteiger partial charge in [0.1, 0.15) is 5.82 Å². The zero-order valence-electron chi connectivity index (χ0n) is 10.5. The predicted octanol–water partition coefficient (Wildman–Crippen LogP) is 1.13. The Balaban J connectivity index is 1.84. The van der Waals surface area contributed by atoms with Crippen LogP contribution in [0, 0.1) is 5.92 Å². The molecule has 0 bridgehead atoms. The highest BCUT2D eigenvalue weighted by molar-refractivity contribution is 5.86. The minimum Gasteiger partial charge on any atom is -0.411 e. The van der Waals surface area contributed by atoms with Crippen LogP contribution in [0.5, 0.6) is 0 Å². The number of aryl methyl sites for hydroxylation is 1. The van der Waals surface area contributed by atoms with Crippen LogP contribution in [0.25, 0.3) is 0 Å². The Morgan fingerprint density at radius 1 is 1.59 bits per heavy atom. The minimum absolute atomic E-state index is 0.357.